The summed E-state index contributed by atoms with van der Waals surface area (Å²) < 4.78 is 0. The van der Waals surface area contributed by atoms with E-state index in [2.05, 4.69) is 25.4 Å². The van der Waals surface area contributed by atoms with E-state index in [0.29, 0.717) is 11.5 Å². The van der Waals surface area contributed by atoms with Gasteiger partial charge in [-0.25, -0.2) is 0 Å². The fraction of sp³-hybridized carbons (Fsp3) is 0.400. The summed E-state index contributed by atoms with van der Waals surface area (Å²) in [6.07, 6.45) is 5.09. The second-order valence-electron chi connectivity index (χ2n) is 3.58. The lowest BCUT2D eigenvalue weighted by Gasteiger charge is -2.08. The van der Waals surface area contributed by atoms with Gasteiger partial charge in [-0.2, -0.15) is 0 Å². The van der Waals surface area contributed by atoms with Crippen molar-refractivity contribution in [2.45, 2.75) is 18.9 Å². The minimum atomic E-state index is 0.340. The number of hydrogen-bond acceptors (Lipinski definition) is 1. The molecule has 2 atom stereocenters. The van der Waals surface area contributed by atoms with Crippen molar-refractivity contribution in [1.82, 2.24) is 5.32 Å². The molecule has 0 aromatic heterocycles. The first kappa shape index (κ1) is 6.71. The van der Waals surface area contributed by atoms with Gasteiger partial charge < -0.3 is 5.32 Å². The van der Waals surface area contributed by atoms with Crippen LogP contribution in [0.2, 0.25) is 0 Å². The van der Waals surface area contributed by atoms with E-state index in [1.807, 2.05) is 12.2 Å². The summed E-state index contributed by atoms with van der Waals surface area (Å²) >= 11 is 0. The van der Waals surface area contributed by atoms with Gasteiger partial charge in [0.1, 0.15) is 0 Å². The van der Waals surface area contributed by atoms with Crippen molar-refractivity contribution in [2.24, 2.45) is 5.92 Å². The molecule has 0 bridgehead atoms. The maximum absolute atomic E-state index is 3.80. The van der Waals surface area contributed by atoms with Crippen LogP contribution in [0, 0.1) is 5.92 Å². The Kier molecular flexibility index (Phi) is 1.09. The van der Waals surface area contributed by atoms with Crippen LogP contribution in [0.15, 0.2) is 36.6 Å². The van der Waals surface area contributed by atoms with E-state index in [1.54, 1.807) is 0 Å². The second kappa shape index (κ2) is 1.79. The first-order valence-electron chi connectivity index (χ1n) is 3.98. The predicted octanol–water partition coefficient (Wildman–Crippen LogP) is 1.99. The van der Waals surface area contributed by atoms with Gasteiger partial charge in [0.05, 0.1) is 0 Å². The highest BCUT2D eigenvalue weighted by atomic mass is 15.1. The molecule has 1 N–H and O–H groups in total. The van der Waals surface area contributed by atoms with Gasteiger partial charge in [0.2, 0.25) is 0 Å². The van der Waals surface area contributed by atoms with Crippen molar-refractivity contribution in [3.63, 3.8) is 0 Å². The Hall–Kier alpha value is -0.980. The van der Waals surface area contributed by atoms with Crippen molar-refractivity contribution >= 4 is 0 Å². The number of allylic oxidation sites excluding steroid dienone is 2. The summed E-state index contributed by atoms with van der Waals surface area (Å²) in [5.41, 5.74) is 2.87. The highest BCUT2D eigenvalue weighted by molar-refractivity contribution is 5.46. The van der Waals surface area contributed by atoms with E-state index < -0.39 is 0 Å². The topological polar surface area (TPSA) is 12.0 Å². The van der Waals surface area contributed by atoms with Crippen LogP contribution < -0.4 is 5.32 Å². The smallest absolute Gasteiger partial charge is 0.0422 e. The van der Waals surface area contributed by atoms with E-state index >= 15 is 0 Å². The number of fused-ring (bicyclic) bond motifs is 1. The molecule has 1 heteroatoms. The predicted molar refractivity (Wildman–Crippen MR) is 47.1 cm³/mol. The minimum Gasteiger partial charge on any atom is -0.379 e. The SMILES string of the molecule is C=CC1=C(C=C)C2CC2(C)N1. The maximum Gasteiger partial charge on any atom is 0.0422 e. The van der Waals surface area contributed by atoms with Gasteiger partial charge in [0.25, 0.3) is 0 Å². The van der Waals surface area contributed by atoms with Gasteiger partial charge >= 0.3 is 0 Å². The molecule has 2 unspecified atom stereocenters. The first-order chi connectivity index (χ1) is 5.21. The van der Waals surface area contributed by atoms with Crippen LogP contribution in [0.3, 0.4) is 0 Å². The van der Waals surface area contributed by atoms with E-state index in [0.717, 1.165) is 0 Å². The average molecular weight is 147 g/mol. The highest BCUT2D eigenvalue weighted by Gasteiger charge is 2.56. The standard InChI is InChI=1S/C10H13N/c1-4-7-8-6-10(8,3)11-9(7)5-2/h4-5,8,11H,1-2,6H2,3H3. The average Bonchev–Trinajstić information content (AvgIpc) is 2.56. The highest BCUT2D eigenvalue weighted by Crippen LogP contribution is 2.54. The Morgan fingerprint density at radius 2 is 2.27 bits per heavy atom. The summed E-state index contributed by atoms with van der Waals surface area (Å²) in [6.45, 7) is 9.81. The second-order valence-corrected chi connectivity index (χ2v) is 3.58. The van der Waals surface area contributed by atoms with Crippen molar-refractivity contribution in [3.8, 4) is 0 Å². The van der Waals surface area contributed by atoms with Gasteiger partial charge in [0.15, 0.2) is 0 Å². The van der Waals surface area contributed by atoms with Crippen molar-refractivity contribution < 1.29 is 0 Å². The van der Waals surface area contributed by atoms with Gasteiger partial charge in [-0.05, 0) is 25.0 Å². The van der Waals surface area contributed by atoms with E-state index in [9.17, 15) is 0 Å². The Morgan fingerprint density at radius 3 is 2.73 bits per heavy atom. The van der Waals surface area contributed by atoms with Crippen molar-refractivity contribution in [1.29, 1.82) is 0 Å². The number of rotatable bonds is 2. The molecule has 0 saturated heterocycles. The molecule has 58 valence electrons. The summed E-state index contributed by atoms with van der Waals surface area (Å²) in [5, 5.41) is 3.45. The largest absolute Gasteiger partial charge is 0.379 e. The van der Waals surface area contributed by atoms with Gasteiger partial charge in [0, 0.05) is 17.2 Å². The molecule has 0 aromatic rings. The zero-order valence-corrected chi connectivity index (χ0v) is 6.85. The van der Waals surface area contributed by atoms with Crippen LogP contribution >= 0.6 is 0 Å². The molecule has 2 aliphatic rings. The van der Waals surface area contributed by atoms with Gasteiger partial charge in [-0.15, -0.1) is 0 Å². The molecule has 1 aliphatic carbocycles. The monoisotopic (exact) mass is 147 g/mol. The summed E-state index contributed by atoms with van der Waals surface area (Å²) in [5.74, 6) is 0.702. The lowest BCUT2D eigenvalue weighted by Crippen LogP contribution is -2.23. The molecule has 1 aliphatic heterocycles. The van der Waals surface area contributed by atoms with E-state index in [4.69, 9.17) is 0 Å². The minimum absolute atomic E-state index is 0.340. The fourth-order valence-electron chi connectivity index (χ4n) is 1.95. The van der Waals surface area contributed by atoms with Crippen LogP contribution in [0.5, 0.6) is 0 Å². The van der Waals surface area contributed by atoms with Crippen LogP contribution in [0.25, 0.3) is 0 Å². The molecule has 0 radical (unpaired) electrons. The molecule has 1 fully saturated rings. The zero-order valence-electron chi connectivity index (χ0n) is 6.85. The van der Waals surface area contributed by atoms with Gasteiger partial charge in [-0.3, -0.25) is 0 Å². The van der Waals surface area contributed by atoms with Gasteiger partial charge in [-0.1, -0.05) is 19.2 Å². The molecule has 0 amide bonds. The van der Waals surface area contributed by atoms with E-state index in [-0.39, 0.29) is 0 Å². The van der Waals surface area contributed by atoms with Crippen LogP contribution in [-0.2, 0) is 0 Å². The van der Waals surface area contributed by atoms with Crippen LogP contribution in [0.4, 0.5) is 0 Å². The van der Waals surface area contributed by atoms with Crippen LogP contribution in [0.1, 0.15) is 13.3 Å². The molecular formula is C10H13N. The molecule has 2 rings (SSSR count). The summed E-state index contributed by atoms with van der Waals surface area (Å²) in [7, 11) is 0. The Labute approximate surface area is 67.5 Å². The molecule has 1 heterocycles. The lowest BCUT2D eigenvalue weighted by atomic mass is 10.1. The molecule has 0 aromatic carbocycles. The van der Waals surface area contributed by atoms with E-state index in [1.165, 1.54) is 17.7 Å². The Bertz CT molecular complexity index is 262. The molecule has 0 spiro atoms. The molecule has 1 nitrogen and oxygen atoms in total. The molecule has 1 saturated carbocycles. The Morgan fingerprint density at radius 1 is 1.55 bits per heavy atom. The maximum atomic E-state index is 3.80. The first-order valence-corrected chi connectivity index (χ1v) is 3.98. The number of nitrogens with one attached hydrogen (secondary N) is 1. The normalized spacial score (nSPS) is 39.5. The fourth-order valence-corrected chi connectivity index (χ4v) is 1.95. The van der Waals surface area contributed by atoms with Crippen LogP contribution in [-0.4, -0.2) is 5.54 Å². The quantitative estimate of drug-likeness (QED) is 0.630. The third kappa shape index (κ3) is 0.710. The summed E-state index contributed by atoms with van der Waals surface area (Å²) in [6, 6.07) is 0. The molecule has 11 heavy (non-hydrogen) atoms. The number of hydrogen-bond donors (Lipinski definition) is 1. The van der Waals surface area contributed by atoms with Crippen molar-refractivity contribution in [3.05, 3.63) is 36.6 Å². The third-order valence-corrected chi connectivity index (χ3v) is 2.77. The lowest BCUT2D eigenvalue weighted by molar-refractivity contribution is 0.622. The third-order valence-electron chi connectivity index (χ3n) is 2.77. The van der Waals surface area contributed by atoms with Crippen molar-refractivity contribution in [2.75, 3.05) is 0 Å². The molecular weight excluding hydrogens is 134 g/mol. The Balaban J connectivity index is 2.35. The zero-order chi connectivity index (χ0) is 8.06. The summed E-state index contributed by atoms with van der Waals surface area (Å²) in [4.78, 5) is 0.